The van der Waals surface area contributed by atoms with Crippen LogP contribution in [0, 0.1) is 5.41 Å². The molecule has 2 aliphatic rings. The Balaban J connectivity index is 2.16. The third-order valence-electron chi connectivity index (χ3n) is 4.64. The highest BCUT2D eigenvalue weighted by Crippen LogP contribution is 2.31. The van der Waals surface area contributed by atoms with Crippen LogP contribution < -0.4 is 5.73 Å². The van der Waals surface area contributed by atoms with Crippen LogP contribution in [0.3, 0.4) is 0 Å². The lowest BCUT2D eigenvalue weighted by atomic mass is 9.81. The van der Waals surface area contributed by atoms with E-state index in [-0.39, 0.29) is 17.5 Å². The maximum atomic E-state index is 12.8. The SMILES string of the molecule is CC1CCCCN1S(=O)(=O)N1CCC(N)C(C)(C)C1. The second-order valence-electron chi connectivity index (χ2n) is 6.68. The van der Waals surface area contributed by atoms with Gasteiger partial charge in [-0.1, -0.05) is 20.3 Å². The van der Waals surface area contributed by atoms with E-state index in [2.05, 4.69) is 13.8 Å². The molecule has 0 amide bonds. The van der Waals surface area contributed by atoms with Crippen LogP contribution >= 0.6 is 0 Å². The summed E-state index contributed by atoms with van der Waals surface area (Å²) in [4.78, 5) is 0. The number of piperidine rings is 2. The first-order valence-corrected chi connectivity index (χ1v) is 8.67. The van der Waals surface area contributed by atoms with Gasteiger partial charge in [-0.2, -0.15) is 17.0 Å². The van der Waals surface area contributed by atoms with E-state index in [1.807, 2.05) is 6.92 Å². The van der Waals surface area contributed by atoms with E-state index in [1.165, 1.54) is 0 Å². The van der Waals surface area contributed by atoms with Gasteiger partial charge in [0.05, 0.1) is 0 Å². The highest BCUT2D eigenvalue weighted by Gasteiger charge is 2.41. The fraction of sp³-hybridized carbons (Fsp3) is 1.00. The van der Waals surface area contributed by atoms with Gasteiger partial charge < -0.3 is 5.73 Å². The Bertz CT molecular complexity index is 422. The topological polar surface area (TPSA) is 66.6 Å². The molecule has 0 saturated carbocycles. The Morgan fingerprint density at radius 2 is 1.84 bits per heavy atom. The molecule has 19 heavy (non-hydrogen) atoms. The normalized spacial score (nSPS) is 34.3. The van der Waals surface area contributed by atoms with Crippen molar-refractivity contribution in [2.75, 3.05) is 19.6 Å². The largest absolute Gasteiger partial charge is 0.327 e. The van der Waals surface area contributed by atoms with Crippen LogP contribution in [-0.4, -0.2) is 48.7 Å². The van der Waals surface area contributed by atoms with E-state index in [1.54, 1.807) is 8.61 Å². The van der Waals surface area contributed by atoms with E-state index < -0.39 is 10.2 Å². The van der Waals surface area contributed by atoms with Crippen molar-refractivity contribution in [2.24, 2.45) is 11.1 Å². The molecule has 0 bridgehead atoms. The number of hydrogen-bond acceptors (Lipinski definition) is 3. The monoisotopic (exact) mass is 289 g/mol. The van der Waals surface area contributed by atoms with Gasteiger partial charge in [0.1, 0.15) is 0 Å². The van der Waals surface area contributed by atoms with Gasteiger partial charge in [0.15, 0.2) is 0 Å². The van der Waals surface area contributed by atoms with Crippen LogP contribution in [-0.2, 0) is 10.2 Å². The predicted octanol–water partition coefficient (Wildman–Crippen LogP) is 1.16. The van der Waals surface area contributed by atoms with Gasteiger partial charge in [-0.05, 0) is 31.6 Å². The zero-order chi connectivity index (χ0) is 14.3. The van der Waals surface area contributed by atoms with E-state index in [0.29, 0.717) is 19.6 Å². The zero-order valence-electron chi connectivity index (χ0n) is 12.3. The Morgan fingerprint density at radius 3 is 2.42 bits per heavy atom. The molecule has 2 aliphatic heterocycles. The molecule has 2 fully saturated rings. The zero-order valence-corrected chi connectivity index (χ0v) is 13.1. The average molecular weight is 289 g/mol. The van der Waals surface area contributed by atoms with Gasteiger partial charge in [0.2, 0.25) is 0 Å². The molecule has 2 unspecified atom stereocenters. The van der Waals surface area contributed by atoms with E-state index in [9.17, 15) is 8.42 Å². The van der Waals surface area contributed by atoms with Crippen molar-refractivity contribution in [3.8, 4) is 0 Å². The summed E-state index contributed by atoms with van der Waals surface area (Å²) >= 11 is 0. The Morgan fingerprint density at radius 1 is 1.16 bits per heavy atom. The smallest absolute Gasteiger partial charge is 0.282 e. The van der Waals surface area contributed by atoms with Crippen molar-refractivity contribution in [2.45, 2.75) is 58.5 Å². The molecule has 2 rings (SSSR count). The molecule has 0 aromatic rings. The molecule has 6 heteroatoms. The third kappa shape index (κ3) is 2.96. The Kier molecular flexibility index (Phi) is 4.26. The Labute approximate surface area is 117 Å². The van der Waals surface area contributed by atoms with Gasteiger partial charge in [-0.25, -0.2) is 0 Å². The summed E-state index contributed by atoms with van der Waals surface area (Å²) in [6.45, 7) is 7.86. The number of nitrogens with zero attached hydrogens (tertiary/aromatic N) is 2. The highest BCUT2D eigenvalue weighted by molar-refractivity contribution is 7.86. The van der Waals surface area contributed by atoms with Crippen molar-refractivity contribution in [3.05, 3.63) is 0 Å². The van der Waals surface area contributed by atoms with E-state index in [4.69, 9.17) is 5.73 Å². The van der Waals surface area contributed by atoms with Crippen molar-refractivity contribution in [3.63, 3.8) is 0 Å². The van der Waals surface area contributed by atoms with E-state index >= 15 is 0 Å². The molecule has 0 spiro atoms. The lowest BCUT2D eigenvalue weighted by Crippen LogP contribution is -2.58. The number of rotatable bonds is 2. The van der Waals surface area contributed by atoms with Gasteiger partial charge in [0, 0.05) is 31.7 Å². The summed E-state index contributed by atoms with van der Waals surface area (Å²) in [6.07, 6.45) is 3.81. The van der Waals surface area contributed by atoms with Gasteiger partial charge >= 0.3 is 0 Å². The molecule has 2 atom stereocenters. The molecular formula is C13H27N3O2S. The molecule has 0 aromatic heterocycles. The van der Waals surface area contributed by atoms with Crippen molar-refractivity contribution in [1.82, 2.24) is 8.61 Å². The van der Waals surface area contributed by atoms with Crippen LogP contribution in [0.5, 0.6) is 0 Å². The minimum atomic E-state index is -3.32. The standard InChI is InChI=1S/C13H27N3O2S/c1-11-6-4-5-8-16(11)19(17,18)15-9-7-12(14)13(2,3)10-15/h11-12H,4-10,14H2,1-3H3. The number of nitrogens with two attached hydrogens (primary N) is 1. The highest BCUT2D eigenvalue weighted by atomic mass is 32.2. The second kappa shape index (κ2) is 5.31. The quantitative estimate of drug-likeness (QED) is 0.829. The summed E-state index contributed by atoms with van der Waals surface area (Å²) in [5.74, 6) is 0. The molecule has 2 N–H and O–H groups in total. The van der Waals surface area contributed by atoms with Crippen LogP contribution in [0.1, 0.15) is 46.5 Å². The number of hydrogen-bond donors (Lipinski definition) is 1. The second-order valence-corrected chi connectivity index (χ2v) is 8.56. The summed E-state index contributed by atoms with van der Waals surface area (Å²) in [6, 6.07) is 0.204. The molecule has 0 radical (unpaired) electrons. The van der Waals surface area contributed by atoms with Crippen molar-refractivity contribution in [1.29, 1.82) is 0 Å². The molecule has 2 saturated heterocycles. The van der Waals surface area contributed by atoms with Gasteiger partial charge in [-0.3, -0.25) is 0 Å². The van der Waals surface area contributed by atoms with Crippen molar-refractivity contribution < 1.29 is 8.42 Å². The summed E-state index contributed by atoms with van der Waals surface area (Å²) in [5, 5.41) is 0. The lowest BCUT2D eigenvalue weighted by Gasteiger charge is -2.44. The molecule has 2 heterocycles. The maximum absolute atomic E-state index is 12.8. The third-order valence-corrected chi connectivity index (χ3v) is 6.74. The molecule has 5 nitrogen and oxygen atoms in total. The summed E-state index contributed by atoms with van der Waals surface area (Å²) in [5.41, 5.74) is 5.94. The minimum Gasteiger partial charge on any atom is -0.327 e. The van der Waals surface area contributed by atoms with E-state index in [0.717, 1.165) is 25.7 Å². The molecule has 0 aliphatic carbocycles. The first-order valence-electron chi connectivity index (χ1n) is 7.27. The fourth-order valence-electron chi connectivity index (χ4n) is 3.08. The predicted molar refractivity (Wildman–Crippen MR) is 76.9 cm³/mol. The van der Waals surface area contributed by atoms with Crippen LogP contribution in [0.15, 0.2) is 0 Å². The van der Waals surface area contributed by atoms with Gasteiger partial charge in [0.25, 0.3) is 10.2 Å². The average Bonchev–Trinajstić information content (AvgIpc) is 2.32. The summed E-state index contributed by atoms with van der Waals surface area (Å²) < 4.78 is 28.8. The summed E-state index contributed by atoms with van der Waals surface area (Å²) in [7, 11) is -3.32. The van der Waals surface area contributed by atoms with Crippen LogP contribution in [0.25, 0.3) is 0 Å². The molecule has 0 aromatic carbocycles. The Hall–Kier alpha value is -0.170. The fourth-order valence-corrected chi connectivity index (χ4v) is 5.13. The van der Waals surface area contributed by atoms with Gasteiger partial charge in [-0.15, -0.1) is 0 Å². The first-order chi connectivity index (χ1) is 8.75. The van der Waals surface area contributed by atoms with Crippen molar-refractivity contribution >= 4 is 10.2 Å². The maximum Gasteiger partial charge on any atom is 0.282 e. The molecule has 112 valence electrons. The molecular weight excluding hydrogens is 262 g/mol. The van der Waals surface area contributed by atoms with Crippen LogP contribution in [0.2, 0.25) is 0 Å². The minimum absolute atomic E-state index is 0.0812. The lowest BCUT2D eigenvalue weighted by molar-refractivity contribution is 0.142. The van der Waals surface area contributed by atoms with Crippen LogP contribution in [0.4, 0.5) is 0 Å². The first kappa shape index (κ1) is 15.2.